The third-order valence-corrected chi connectivity index (χ3v) is 15.6. The van der Waals surface area contributed by atoms with Crippen molar-refractivity contribution in [3.63, 3.8) is 0 Å². The molecule has 2 aliphatic carbocycles. The van der Waals surface area contributed by atoms with Crippen molar-refractivity contribution in [1.29, 1.82) is 0 Å². The molecule has 4 heteroatoms. The summed E-state index contributed by atoms with van der Waals surface area (Å²) in [4.78, 5) is 20.8. The highest BCUT2D eigenvalue weighted by Gasteiger charge is 2.35. The van der Waals surface area contributed by atoms with Gasteiger partial charge in [0, 0.05) is 67.2 Å². The number of hydrogen-bond donors (Lipinski definition) is 0. The predicted octanol–water partition coefficient (Wildman–Crippen LogP) is 17.5. The standard InChI is InChI=1S/C69H52N4/c1-43-15-7-6-8-16-46-27-32-50(40-61(46)68(43,2)3)58-37-53(49-33-34-57-56-19-11-12-20-60(56)69(4,5)62(57)39-49)38-59-65(47-28-23-44(24-29-47)54-35-51-17-9-13-21-63(51)70-41-54)72-67(73-66(58)59)48-30-25-45(26-31-48)55-36-52-18-10-14-22-64(52)71-42-55/h6-15,17-42H,1,16H2,2-5H3/b8-6-,15-7-. The quantitative estimate of drug-likeness (QED) is 0.167. The fraction of sp³-hybridized carbons (Fsp3) is 0.101. The molecule has 2 aliphatic rings. The molecular formula is C69H52N4. The second-order valence-electron chi connectivity index (χ2n) is 20.7. The van der Waals surface area contributed by atoms with Gasteiger partial charge in [-0.05, 0) is 122 Å². The van der Waals surface area contributed by atoms with Crippen LogP contribution in [0.2, 0.25) is 0 Å². The molecule has 0 unspecified atom stereocenters. The minimum atomic E-state index is -0.322. The molecule has 13 rings (SSSR count). The highest BCUT2D eigenvalue weighted by molar-refractivity contribution is 6.05. The number of rotatable bonds is 6. The van der Waals surface area contributed by atoms with Gasteiger partial charge in [0.1, 0.15) is 0 Å². The molecule has 0 N–H and O–H groups in total. The maximum absolute atomic E-state index is 5.63. The molecule has 0 bridgehead atoms. The number of hydrogen-bond acceptors (Lipinski definition) is 4. The molecule has 0 spiro atoms. The summed E-state index contributed by atoms with van der Waals surface area (Å²) in [7, 11) is 0. The number of pyridine rings is 2. The van der Waals surface area contributed by atoms with Gasteiger partial charge in [0.05, 0.1) is 22.2 Å². The second-order valence-corrected chi connectivity index (χ2v) is 20.7. The van der Waals surface area contributed by atoms with E-state index in [1.165, 1.54) is 33.4 Å². The van der Waals surface area contributed by atoms with Crippen molar-refractivity contribution in [2.45, 2.75) is 44.9 Å². The molecule has 3 aromatic heterocycles. The number of nitrogens with zero attached hydrogens (tertiary/aromatic N) is 4. The van der Waals surface area contributed by atoms with Crippen LogP contribution in [-0.4, -0.2) is 19.9 Å². The van der Waals surface area contributed by atoms with Crippen molar-refractivity contribution in [3.8, 4) is 78.3 Å². The molecule has 11 aromatic rings. The predicted molar refractivity (Wildman–Crippen MR) is 304 cm³/mol. The molecule has 8 aromatic carbocycles. The van der Waals surface area contributed by atoms with E-state index < -0.39 is 0 Å². The van der Waals surface area contributed by atoms with E-state index in [-0.39, 0.29) is 10.8 Å². The maximum atomic E-state index is 5.63. The first-order valence-electron chi connectivity index (χ1n) is 25.2. The summed E-state index contributed by atoms with van der Waals surface area (Å²) in [5.74, 6) is 0.659. The molecule has 3 heterocycles. The first-order valence-corrected chi connectivity index (χ1v) is 25.2. The van der Waals surface area contributed by atoms with Gasteiger partial charge in [-0.1, -0.05) is 192 Å². The lowest BCUT2D eigenvalue weighted by molar-refractivity contribution is 0.635. The Morgan fingerprint density at radius 3 is 1.73 bits per heavy atom. The topological polar surface area (TPSA) is 51.6 Å². The van der Waals surface area contributed by atoms with Crippen LogP contribution in [0.1, 0.15) is 49.9 Å². The molecule has 0 radical (unpaired) electrons. The minimum absolute atomic E-state index is 0.154. The Morgan fingerprint density at radius 2 is 1.01 bits per heavy atom. The molecular weight excluding hydrogens is 885 g/mol. The van der Waals surface area contributed by atoms with Gasteiger partial charge in [0.2, 0.25) is 0 Å². The zero-order valence-electron chi connectivity index (χ0n) is 41.5. The van der Waals surface area contributed by atoms with Gasteiger partial charge < -0.3 is 0 Å². The third kappa shape index (κ3) is 7.61. The SMILES string of the molecule is C=C1/C=C\C=C/Cc2ccc(-c3cc(-c4ccc5c(c4)C(C)(C)c4ccccc4-5)cc4c(-c5ccc(-c6cnc7ccccc7c6)cc5)nc(-c5ccc(-c6cnc7ccccc7c6)cc5)nc34)cc2C1(C)C. The molecule has 0 atom stereocenters. The molecule has 348 valence electrons. The van der Waals surface area contributed by atoms with Crippen molar-refractivity contribution in [2.24, 2.45) is 0 Å². The van der Waals surface area contributed by atoms with Gasteiger partial charge in [-0.3, -0.25) is 9.97 Å². The van der Waals surface area contributed by atoms with E-state index in [1.54, 1.807) is 0 Å². The summed E-state index contributed by atoms with van der Waals surface area (Å²) in [6, 6.07) is 65.9. The zero-order valence-corrected chi connectivity index (χ0v) is 41.5. The van der Waals surface area contributed by atoms with Crippen LogP contribution in [0.3, 0.4) is 0 Å². The van der Waals surface area contributed by atoms with E-state index in [9.17, 15) is 0 Å². The van der Waals surface area contributed by atoms with Crippen LogP contribution >= 0.6 is 0 Å². The highest BCUT2D eigenvalue weighted by atomic mass is 14.9. The van der Waals surface area contributed by atoms with E-state index in [1.807, 2.05) is 30.6 Å². The third-order valence-electron chi connectivity index (χ3n) is 15.6. The van der Waals surface area contributed by atoms with E-state index in [4.69, 9.17) is 19.9 Å². The second kappa shape index (κ2) is 17.2. The largest absolute Gasteiger partial charge is 0.256 e. The number of aromatic nitrogens is 4. The Hall–Kier alpha value is -8.86. The van der Waals surface area contributed by atoms with Crippen LogP contribution in [-0.2, 0) is 17.3 Å². The van der Waals surface area contributed by atoms with Crippen molar-refractivity contribution < 1.29 is 0 Å². The van der Waals surface area contributed by atoms with Crippen molar-refractivity contribution in [2.75, 3.05) is 0 Å². The van der Waals surface area contributed by atoms with Crippen molar-refractivity contribution >= 4 is 32.7 Å². The number of fused-ring (bicyclic) bond motifs is 7. The lowest BCUT2D eigenvalue weighted by atomic mass is 9.74. The Kier molecular flexibility index (Phi) is 10.4. The first-order chi connectivity index (χ1) is 35.6. The summed E-state index contributed by atoms with van der Waals surface area (Å²) in [5.41, 5.74) is 22.8. The summed E-state index contributed by atoms with van der Waals surface area (Å²) in [6.45, 7) is 13.9. The number of para-hydroxylation sites is 2. The normalized spacial score (nSPS) is 15.3. The minimum Gasteiger partial charge on any atom is -0.256 e. The van der Waals surface area contributed by atoms with Crippen LogP contribution in [0.25, 0.3) is 111 Å². The Balaban J connectivity index is 1.04. The van der Waals surface area contributed by atoms with E-state index in [0.717, 1.165) is 106 Å². The van der Waals surface area contributed by atoms with Gasteiger partial charge in [0.15, 0.2) is 5.82 Å². The number of allylic oxidation sites excluding steroid dienone is 5. The van der Waals surface area contributed by atoms with Gasteiger partial charge >= 0.3 is 0 Å². The summed E-state index contributed by atoms with van der Waals surface area (Å²) in [6.07, 6.45) is 13.4. The molecule has 0 amide bonds. The van der Waals surface area contributed by atoms with E-state index in [0.29, 0.717) is 5.82 Å². The van der Waals surface area contributed by atoms with Crippen LogP contribution in [0.15, 0.2) is 231 Å². The average Bonchev–Trinajstić information content (AvgIpc) is 3.69. The molecule has 73 heavy (non-hydrogen) atoms. The molecule has 0 saturated heterocycles. The average molecular weight is 937 g/mol. The van der Waals surface area contributed by atoms with Crippen LogP contribution in [0.4, 0.5) is 0 Å². The Bertz CT molecular complexity index is 4120. The van der Waals surface area contributed by atoms with E-state index in [2.05, 4.69) is 222 Å². The monoisotopic (exact) mass is 936 g/mol. The van der Waals surface area contributed by atoms with Gasteiger partial charge in [-0.2, -0.15) is 0 Å². The highest BCUT2D eigenvalue weighted by Crippen LogP contribution is 2.50. The molecule has 0 fully saturated rings. The number of benzene rings is 8. The van der Waals surface area contributed by atoms with Gasteiger partial charge in [-0.25, -0.2) is 9.97 Å². The lowest BCUT2D eigenvalue weighted by Gasteiger charge is -2.29. The summed E-state index contributed by atoms with van der Waals surface area (Å²) in [5, 5.41) is 3.21. The Morgan fingerprint density at radius 1 is 0.425 bits per heavy atom. The zero-order chi connectivity index (χ0) is 49.4. The van der Waals surface area contributed by atoms with Crippen LogP contribution in [0, 0.1) is 0 Å². The van der Waals surface area contributed by atoms with Crippen LogP contribution in [0.5, 0.6) is 0 Å². The van der Waals surface area contributed by atoms with Crippen molar-refractivity contribution in [1.82, 2.24) is 19.9 Å². The lowest BCUT2D eigenvalue weighted by Crippen LogP contribution is -2.20. The molecule has 4 nitrogen and oxygen atoms in total. The fourth-order valence-electron chi connectivity index (χ4n) is 11.3. The first kappa shape index (κ1) is 44.1. The van der Waals surface area contributed by atoms with Crippen LogP contribution < -0.4 is 0 Å². The smallest absolute Gasteiger partial charge is 0.160 e. The van der Waals surface area contributed by atoms with Crippen molar-refractivity contribution in [3.05, 3.63) is 253 Å². The van der Waals surface area contributed by atoms with Gasteiger partial charge in [-0.15, -0.1) is 0 Å². The maximum Gasteiger partial charge on any atom is 0.160 e. The van der Waals surface area contributed by atoms with Gasteiger partial charge in [0.25, 0.3) is 0 Å². The van der Waals surface area contributed by atoms with E-state index >= 15 is 0 Å². The Labute approximate surface area is 426 Å². The molecule has 0 aliphatic heterocycles. The fourth-order valence-corrected chi connectivity index (χ4v) is 11.3. The summed E-state index contributed by atoms with van der Waals surface area (Å²) >= 11 is 0. The summed E-state index contributed by atoms with van der Waals surface area (Å²) < 4.78 is 0. The molecule has 0 saturated carbocycles.